The second-order valence-electron chi connectivity index (χ2n) is 3.55. The number of rotatable bonds is 2. The van der Waals surface area contributed by atoms with Crippen LogP contribution in [0.3, 0.4) is 0 Å². The maximum absolute atomic E-state index is 5.66. The van der Waals surface area contributed by atoms with Crippen molar-refractivity contribution in [2.75, 3.05) is 5.73 Å². The molecule has 0 radical (unpaired) electrons. The Morgan fingerprint density at radius 1 is 1.12 bits per heavy atom. The molecule has 0 aliphatic heterocycles. The first kappa shape index (κ1) is 10.4. The van der Waals surface area contributed by atoms with Crippen molar-refractivity contribution in [1.82, 2.24) is 9.97 Å². The van der Waals surface area contributed by atoms with Gasteiger partial charge in [0.15, 0.2) is 5.82 Å². The summed E-state index contributed by atoms with van der Waals surface area (Å²) in [6.07, 6.45) is 3.09. The lowest BCUT2D eigenvalue weighted by Crippen LogP contribution is -1.98. The summed E-state index contributed by atoms with van der Waals surface area (Å²) < 4.78 is 5.62. The van der Waals surface area contributed by atoms with Gasteiger partial charge in [0.2, 0.25) is 0 Å². The molecule has 0 saturated heterocycles. The van der Waals surface area contributed by atoms with Crippen molar-refractivity contribution in [3.8, 4) is 11.6 Å². The van der Waals surface area contributed by atoms with Gasteiger partial charge in [0.25, 0.3) is 5.88 Å². The van der Waals surface area contributed by atoms with E-state index in [-0.39, 0.29) is 0 Å². The Morgan fingerprint density at radius 2 is 1.88 bits per heavy atom. The van der Waals surface area contributed by atoms with Crippen molar-refractivity contribution >= 4 is 5.82 Å². The normalized spacial score (nSPS) is 10.1. The lowest BCUT2D eigenvalue weighted by molar-refractivity contribution is 0.459. The highest BCUT2D eigenvalue weighted by molar-refractivity contribution is 5.45. The van der Waals surface area contributed by atoms with Crippen LogP contribution in [-0.2, 0) is 0 Å². The fraction of sp³-hybridized carbons (Fsp3) is 0.167. The van der Waals surface area contributed by atoms with Crippen LogP contribution in [-0.4, -0.2) is 9.97 Å². The first-order valence-corrected chi connectivity index (χ1v) is 4.99. The first-order valence-electron chi connectivity index (χ1n) is 4.99. The van der Waals surface area contributed by atoms with E-state index in [1.54, 1.807) is 6.20 Å². The molecule has 0 bridgehead atoms. The standard InChI is InChI=1S/C12H13N3O/c1-8-4-3-5-10(9(8)2)16-12-11(13)14-6-7-15-12/h3-7H,1-2H3,(H2,13,14). The second kappa shape index (κ2) is 4.18. The van der Waals surface area contributed by atoms with Gasteiger partial charge in [-0.05, 0) is 31.0 Å². The van der Waals surface area contributed by atoms with Gasteiger partial charge >= 0.3 is 0 Å². The van der Waals surface area contributed by atoms with Crippen LogP contribution in [0.5, 0.6) is 11.6 Å². The Hall–Kier alpha value is -2.10. The smallest absolute Gasteiger partial charge is 0.262 e. The van der Waals surface area contributed by atoms with Crippen LogP contribution in [0.1, 0.15) is 11.1 Å². The van der Waals surface area contributed by atoms with Crippen LogP contribution >= 0.6 is 0 Å². The minimum absolute atomic E-state index is 0.295. The number of nitrogens with two attached hydrogens (primary N) is 1. The molecule has 0 aliphatic rings. The summed E-state index contributed by atoms with van der Waals surface area (Å²) in [5.41, 5.74) is 7.90. The van der Waals surface area contributed by atoms with E-state index in [0.717, 1.165) is 11.3 Å². The lowest BCUT2D eigenvalue weighted by atomic mass is 10.1. The molecule has 0 aliphatic carbocycles. The van der Waals surface area contributed by atoms with E-state index in [9.17, 15) is 0 Å². The summed E-state index contributed by atoms with van der Waals surface area (Å²) in [6, 6.07) is 5.85. The summed E-state index contributed by atoms with van der Waals surface area (Å²) in [4.78, 5) is 7.95. The highest BCUT2D eigenvalue weighted by Gasteiger charge is 2.07. The van der Waals surface area contributed by atoms with Gasteiger partial charge < -0.3 is 10.5 Å². The molecule has 0 spiro atoms. The molecule has 0 saturated carbocycles. The number of hydrogen-bond donors (Lipinski definition) is 1. The Labute approximate surface area is 94.1 Å². The number of nitrogen functional groups attached to an aromatic ring is 1. The van der Waals surface area contributed by atoms with Gasteiger partial charge in [0.05, 0.1) is 0 Å². The van der Waals surface area contributed by atoms with E-state index >= 15 is 0 Å². The zero-order valence-corrected chi connectivity index (χ0v) is 9.27. The van der Waals surface area contributed by atoms with Crippen molar-refractivity contribution in [2.24, 2.45) is 0 Å². The van der Waals surface area contributed by atoms with E-state index in [0.29, 0.717) is 11.7 Å². The summed E-state index contributed by atoms with van der Waals surface area (Å²) in [5.74, 6) is 1.40. The molecule has 1 aromatic heterocycles. The molecule has 2 N–H and O–H groups in total. The third-order valence-electron chi connectivity index (χ3n) is 2.45. The topological polar surface area (TPSA) is 61.0 Å². The van der Waals surface area contributed by atoms with Crippen molar-refractivity contribution < 1.29 is 4.74 Å². The minimum atomic E-state index is 0.295. The molecule has 0 amide bonds. The quantitative estimate of drug-likeness (QED) is 0.835. The van der Waals surface area contributed by atoms with Gasteiger partial charge in [-0.1, -0.05) is 12.1 Å². The molecule has 2 aromatic rings. The lowest BCUT2D eigenvalue weighted by Gasteiger charge is -2.10. The minimum Gasteiger partial charge on any atom is -0.436 e. The van der Waals surface area contributed by atoms with Crippen molar-refractivity contribution in [3.05, 3.63) is 41.7 Å². The van der Waals surface area contributed by atoms with Crippen LogP contribution in [0.15, 0.2) is 30.6 Å². The van der Waals surface area contributed by atoms with Gasteiger partial charge in [-0.2, -0.15) is 0 Å². The number of anilines is 1. The molecule has 82 valence electrons. The zero-order valence-electron chi connectivity index (χ0n) is 9.27. The zero-order chi connectivity index (χ0) is 11.5. The molecule has 4 nitrogen and oxygen atoms in total. The van der Waals surface area contributed by atoms with Gasteiger partial charge in [0.1, 0.15) is 5.75 Å². The molecule has 16 heavy (non-hydrogen) atoms. The molecular weight excluding hydrogens is 202 g/mol. The third kappa shape index (κ3) is 1.95. The van der Waals surface area contributed by atoms with Crippen molar-refractivity contribution in [3.63, 3.8) is 0 Å². The average molecular weight is 215 g/mol. The molecule has 1 aromatic carbocycles. The monoisotopic (exact) mass is 215 g/mol. The fourth-order valence-electron chi connectivity index (χ4n) is 1.35. The maximum Gasteiger partial charge on any atom is 0.262 e. The average Bonchev–Trinajstić information content (AvgIpc) is 2.28. The number of aryl methyl sites for hydroxylation is 1. The van der Waals surface area contributed by atoms with E-state index in [2.05, 4.69) is 9.97 Å². The van der Waals surface area contributed by atoms with Gasteiger partial charge in [0, 0.05) is 12.4 Å². The number of hydrogen-bond acceptors (Lipinski definition) is 4. The molecule has 0 unspecified atom stereocenters. The summed E-state index contributed by atoms with van der Waals surface area (Å²) in [6.45, 7) is 4.03. The number of benzene rings is 1. The highest BCUT2D eigenvalue weighted by Crippen LogP contribution is 2.27. The van der Waals surface area contributed by atoms with E-state index in [4.69, 9.17) is 10.5 Å². The van der Waals surface area contributed by atoms with Crippen molar-refractivity contribution in [1.29, 1.82) is 0 Å². The van der Waals surface area contributed by atoms with Crippen LogP contribution in [0.4, 0.5) is 5.82 Å². The molecular formula is C12H13N3O. The summed E-state index contributed by atoms with van der Waals surface area (Å²) in [7, 11) is 0. The third-order valence-corrected chi connectivity index (χ3v) is 2.45. The largest absolute Gasteiger partial charge is 0.436 e. The summed E-state index contributed by atoms with van der Waals surface area (Å²) >= 11 is 0. The summed E-state index contributed by atoms with van der Waals surface area (Å²) in [5, 5.41) is 0. The van der Waals surface area contributed by atoms with E-state index in [1.807, 2.05) is 32.0 Å². The predicted octanol–water partition coefficient (Wildman–Crippen LogP) is 2.47. The van der Waals surface area contributed by atoms with Crippen LogP contribution in [0.25, 0.3) is 0 Å². The van der Waals surface area contributed by atoms with Crippen LogP contribution in [0.2, 0.25) is 0 Å². The highest BCUT2D eigenvalue weighted by atomic mass is 16.5. The van der Waals surface area contributed by atoms with Gasteiger partial charge in [-0.3, -0.25) is 0 Å². The van der Waals surface area contributed by atoms with Gasteiger partial charge in [-0.25, -0.2) is 9.97 Å². The van der Waals surface area contributed by atoms with Crippen LogP contribution in [0, 0.1) is 13.8 Å². The number of ether oxygens (including phenoxy) is 1. The predicted molar refractivity (Wildman–Crippen MR) is 62.4 cm³/mol. The molecule has 0 atom stereocenters. The first-order chi connectivity index (χ1) is 7.68. The second-order valence-corrected chi connectivity index (χ2v) is 3.55. The van der Waals surface area contributed by atoms with Crippen molar-refractivity contribution in [2.45, 2.75) is 13.8 Å². The van der Waals surface area contributed by atoms with E-state index < -0.39 is 0 Å². The Morgan fingerprint density at radius 3 is 2.62 bits per heavy atom. The molecule has 2 rings (SSSR count). The maximum atomic E-state index is 5.66. The number of nitrogens with zero attached hydrogens (tertiary/aromatic N) is 2. The Balaban J connectivity index is 2.35. The molecule has 0 fully saturated rings. The van der Waals surface area contributed by atoms with E-state index in [1.165, 1.54) is 11.8 Å². The van der Waals surface area contributed by atoms with Crippen LogP contribution < -0.4 is 10.5 Å². The number of aromatic nitrogens is 2. The fourth-order valence-corrected chi connectivity index (χ4v) is 1.35. The Kier molecular flexibility index (Phi) is 2.72. The van der Waals surface area contributed by atoms with Gasteiger partial charge in [-0.15, -0.1) is 0 Å². The molecule has 1 heterocycles. The SMILES string of the molecule is Cc1cccc(Oc2nccnc2N)c1C. The molecule has 4 heteroatoms. The Bertz CT molecular complexity index is 511.